The monoisotopic (exact) mass is 773 g/mol. The van der Waals surface area contributed by atoms with Crippen LogP contribution in [-0.4, -0.2) is 0 Å². The molecular formula is C47H49Cl2Zr. The number of hydrogen-bond acceptors (Lipinski definition) is 0. The van der Waals surface area contributed by atoms with Gasteiger partial charge in [0.1, 0.15) is 0 Å². The first-order valence-corrected chi connectivity index (χ1v) is 17.6. The molecule has 8 rings (SSSR count). The average molecular weight is 776 g/mol. The molecule has 3 heteroatoms. The predicted octanol–water partition coefficient (Wildman–Crippen LogP) is 6.16. The molecule has 0 amide bonds. The largest absolute Gasteiger partial charge is 3.00 e. The molecule has 2 saturated carbocycles. The summed E-state index contributed by atoms with van der Waals surface area (Å²) in [7, 11) is 0. The molecule has 0 aliphatic heterocycles. The van der Waals surface area contributed by atoms with Crippen molar-refractivity contribution in [2.75, 3.05) is 0 Å². The van der Waals surface area contributed by atoms with Gasteiger partial charge in [-0.05, 0) is 57.4 Å². The second-order valence-corrected chi connectivity index (χ2v) is 16.3. The molecule has 2 aromatic rings. The number of fused-ring (bicyclic) bond motifs is 8. The maximum atomic E-state index is 2.75. The van der Waals surface area contributed by atoms with Crippen molar-refractivity contribution in [2.45, 2.75) is 61.8 Å². The summed E-state index contributed by atoms with van der Waals surface area (Å²) in [6, 6.07) is 22.1. The van der Waals surface area contributed by atoms with Crippen LogP contribution < -0.4 is 24.8 Å². The van der Waals surface area contributed by atoms with Crippen molar-refractivity contribution in [3.05, 3.63) is 179 Å². The topological polar surface area (TPSA) is 0 Å². The van der Waals surface area contributed by atoms with Crippen LogP contribution in [0.2, 0.25) is 0 Å². The molecule has 2 fully saturated rings. The second-order valence-electron chi connectivity index (χ2n) is 16.3. The second kappa shape index (κ2) is 12.5. The Bertz CT molecular complexity index is 1950. The summed E-state index contributed by atoms with van der Waals surface area (Å²) >= 11 is 0. The molecule has 0 heterocycles. The van der Waals surface area contributed by atoms with E-state index in [1.165, 1.54) is 44.6 Å². The molecule has 6 aliphatic rings. The summed E-state index contributed by atoms with van der Waals surface area (Å²) < 4.78 is 0. The quantitative estimate of drug-likeness (QED) is 0.328. The third kappa shape index (κ3) is 4.18. The van der Waals surface area contributed by atoms with E-state index in [2.05, 4.69) is 195 Å². The maximum absolute atomic E-state index is 2.75. The van der Waals surface area contributed by atoms with Crippen molar-refractivity contribution < 1.29 is 51.0 Å². The van der Waals surface area contributed by atoms with E-state index in [1.54, 1.807) is 0 Å². The zero-order valence-electron chi connectivity index (χ0n) is 30.7. The fourth-order valence-electron chi connectivity index (χ4n) is 12.0. The maximum Gasteiger partial charge on any atom is 3.00 e. The molecule has 0 saturated heterocycles. The van der Waals surface area contributed by atoms with Crippen LogP contribution in [0.5, 0.6) is 0 Å². The molecule has 50 heavy (non-hydrogen) atoms. The van der Waals surface area contributed by atoms with E-state index >= 15 is 0 Å². The summed E-state index contributed by atoms with van der Waals surface area (Å²) in [6.45, 7) is 20.6. The summed E-state index contributed by atoms with van der Waals surface area (Å²) in [6.07, 6.45) is 32.9. The number of halogens is 2. The fourth-order valence-corrected chi connectivity index (χ4v) is 12.0. The number of benzene rings is 2. The van der Waals surface area contributed by atoms with Gasteiger partial charge in [-0.25, -0.2) is 12.0 Å². The zero-order chi connectivity index (χ0) is 33.1. The van der Waals surface area contributed by atoms with Gasteiger partial charge in [-0.1, -0.05) is 193 Å². The molecule has 0 nitrogen and oxygen atoms in total. The van der Waals surface area contributed by atoms with Crippen molar-refractivity contribution in [1.29, 1.82) is 0 Å². The molecule has 2 aromatic carbocycles. The molecule has 7 atom stereocenters. The Morgan fingerprint density at radius 1 is 0.620 bits per heavy atom. The van der Waals surface area contributed by atoms with E-state index in [4.69, 9.17) is 0 Å². The van der Waals surface area contributed by atoms with Crippen LogP contribution in [0, 0.1) is 44.3 Å². The molecule has 0 bridgehead atoms. The number of rotatable bonds is 3. The Balaban J connectivity index is 0.00000162. The minimum Gasteiger partial charge on any atom is -1.00 e. The molecule has 0 aromatic heterocycles. The first-order chi connectivity index (χ1) is 22.3. The summed E-state index contributed by atoms with van der Waals surface area (Å²) in [5.41, 5.74) is 9.98. The van der Waals surface area contributed by atoms with Gasteiger partial charge in [0.2, 0.25) is 0 Å². The van der Waals surface area contributed by atoms with Crippen molar-refractivity contribution >= 4 is 5.57 Å². The Labute approximate surface area is 333 Å². The normalized spacial score (nSPS) is 38.3. The Morgan fingerprint density at radius 2 is 1.10 bits per heavy atom. The molecule has 6 aliphatic carbocycles. The average Bonchev–Trinajstić information content (AvgIpc) is 3.67. The van der Waals surface area contributed by atoms with Crippen LogP contribution in [0.3, 0.4) is 0 Å². The van der Waals surface area contributed by atoms with E-state index in [0.29, 0.717) is 0 Å². The van der Waals surface area contributed by atoms with Gasteiger partial charge in [-0.2, -0.15) is 6.08 Å². The van der Waals surface area contributed by atoms with Gasteiger partial charge in [0.25, 0.3) is 0 Å². The molecule has 7 unspecified atom stereocenters. The number of hydrogen-bond donors (Lipinski definition) is 0. The predicted molar refractivity (Wildman–Crippen MR) is 199 cm³/mol. The number of allylic oxidation sites excluding steroid dienone is 17. The van der Waals surface area contributed by atoms with Crippen LogP contribution in [0.25, 0.3) is 5.57 Å². The van der Waals surface area contributed by atoms with Gasteiger partial charge in [-0.15, -0.1) is 0 Å². The first kappa shape index (κ1) is 38.7. The molecule has 255 valence electrons. The van der Waals surface area contributed by atoms with E-state index in [1.807, 2.05) is 0 Å². The minimum atomic E-state index is -0.215. The van der Waals surface area contributed by atoms with Crippen LogP contribution >= 0.6 is 0 Å². The van der Waals surface area contributed by atoms with Crippen LogP contribution in [-0.2, 0) is 26.2 Å². The van der Waals surface area contributed by atoms with E-state index in [9.17, 15) is 0 Å². The van der Waals surface area contributed by atoms with Gasteiger partial charge in [0, 0.05) is 16.2 Å². The van der Waals surface area contributed by atoms with Crippen molar-refractivity contribution in [2.24, 2.45) is 37.9 Å². The van der Waals surface area contributed by atoms with E-state index in [-0.39, 0.29) is 88.9 Å². The first-order valence-electron chi connectivity index (χ1n) is 17.6. The molecular weight excluding hydrogens is 727 g/mol. The van der Waals surface area contributed by atoms with Gasteiger partial charge < -0.3 is 24.8 Å². The summed E-state index contributed by atoms with van der Waals surface area (Å²) in [4.78, 5) is 0. The third-order valence-electron chi connectivity index (χ3n) is 15.5. The Kier molecular flexibility index (Phi) is 9.69. The van der Waals surface area contributed by atoms with Crippen molar-refractivity contribution in [3.63, 3.8) is 0 Å². The van der Waals surface area contributed by atoms with Gasteiger partial charge >= 0.3 is 26.2 Å². The molecule has 0 N–H and O–H groups in total. The van der Waals surface area contributed by atoms with Crippen molar-refractivity contribution in [1.82, 2.24) is 0 Å². The van der Waals surface area contributed by atoms with Gasteiger partial charge in [0.05, 0.1) is 0 Å². The third-order valence-corrected chi connectivity index (χ3v) is 15.5. The van der Waals surface area contributed by atoms with Crippen molar-refractivity contribution in [3.8, 4) is 0 Å². The Morgan fingerprint density at radius 3 is 1.60 bits per heavy atom. The minimum absolute atomic E-state index is 0. The van der Waals surface area contributed by atoms with Gasteiger partial charge in [-0.3, -0.25) is 0 Å². The van der Waals surface area contributed by atoms with Crippen LogP contribution in [0.4, 0.5) is 0 Å². The zero-order valence-corrected chi connectivity index (χ0v) is 34.7. The Hall–Kier alpha value is -2.57. The van der Waals surface area contributed by atoms with E-state index < -0.39 is 0 Å². The molecule has 0 spiro atoms. The summed E-state index contributed by atoms with van der Waals surface area (Å²) in [5, 5.41) is 0. The SMILES string of the molecule is CC1=C(C2=CC=CC2)C(=C(c2ccccc2)c2ccccc2)C=C2[CH-]C3(C)C4(C)C=CC=CC4(C)C4(C)C=CC=CC4(C)C3(C)C21C.[Cl-].[Cl-].[Zr+3]. The standard InChI is InChI=1S/C47H49.2ClH.Zr/c1-33-39(34-25-15-16-26-34)38(40(35-21-11-9-12-22-35)36-23-13-10-14-24-36)31-37-32-45(6)43(4)29-18-17-27-41(43,2)42(3)28-19-20-30-44(42,5)47(45,8)46(33,37)7;;;/h9-25,27-32H,26H2,1-8H3;2*1H;/q-1;;;+3/p-2. The van der Waals surface area contributed by atoms with Crippen LogP contribution in [0.15, 0.2) is 161 Å². The molecule has 1 radical (unpaired) electrons. The van der Waals surface area contributed by atoms with Gasteiger partial charge in [0.15, 0.2) is 0 Å². The van der Waals surface area contributed by atoms with Crippen LogP contribution in [0.1, 0.15) is 72.9 Å². The summed E-state index contributed by atoms with van der Waals surface area (Å²) in [5.74, 6) is 0. The smallest absolute Gasteiger partial charge is 1.00 e. The van der Waals surface area contributed by atoms with E-state index in [0.717, 1.165) is 6.42 Å². The fraction of sp³-hybridized carbons (Fsp3) is 0.340.